The minimum Gasteiger partial charge on any atom is -0.458 e. The predicted molar refractivity (Wildman–Crippen MR) is 112 cm³/mol. The SMILES string of the molecule is CN(C)c1ccc(C(=O)N2CCc3c(oc4c3C(=O)C(=O)c3ccccc3-4)C2)cc1. The molecule has 1 aromatic heterocycles. The van der Waals surface area contributed by atoms with E-state index in [0.29, 0.717) is 46.7 Å². The van der Waals surface area contributed by atoms with Crippen LogP contribution in [0.15, 0.2) is 52.9 Å². The van der Waals surface area contributed by atoms with E-state index in [-0.39, 0.29) is 12.5 Å². The van der Waals surface area contributed by atoms with Crippen molar-refractivity contribution in [3.63, 3.8) is 0 Å². The number of nitrogens with zero attached hydrogens (tertiary/aromatic N) is 2. The molecule has 0 unspecified atom stereocenters. The van der Waals surface area contributed by atoms with Gasteiger partial charge in [-0.15, -0.1) is 0 Å². The molecule has 6 nitrogen and oxygen atoms in total. The van der Waals surface area contributed by atoms with Crippen LogP contribution < -0.4 is 4.90 Å². The van der Waals surface area contributed by atoms with E-state index in [4.69, 9.17) is 4.42 Å². The molecular formula is C24H20N2O4. The molecule has 0 radical (unpaired) electrons. The molecule has 3 aromatic rings. The molecule has 0 N–H and O–H groups in total. The number of amides is 1. The molecule has 5 rings (SSSR count). The molecule has 2 heterocycles. The van der Waals surface area contributed by atoms with Crippen molar-refractivity contribution in [1.29, 1.82) is 0 Å². The second kappa shape index (κ2) is 6.69. The quantitative estimate of drug-likeness (QED) is 0.615. The molecule has 1 aliphatic heterocycles. The molecule has 2 aromatic carbocycles. The van der Waals surface area contributed by atoms with Crippen LogP contribution in [0.4, 0.5) is 5.69 Å². The molecule has 30 heavy (non-hydrogen) atoms. The van der Waals surface area contributed by atoms with Gasteiger partial charge in [0.1, 0.15) is 11.5 Å². The molecule has 0 atom stereocenters. The van der Waals surface area contributed by atoms with Crippen LogP contribution in [0.2, 0.25) is 0 Å². The first-order chi connectivity index (χ1) is 14.5. The fraction of sp³-hybridized carbons (Fsp3) is 0.208. The maximum atomic E-state index is 13.0. The van der Waals surface area contributed by atoms with Crippen molar-refractivity contribution in [3.8, 4) is 11.3 Å². The summed E-state index contributed by atoms with van der Waals surface area (Å²) >= 11 is 0. The molecule has 0 fully saturated rings. The van der Waals surface area contributed by atoms with E-state index in [2.05, 4.69) is 0 Å². The molecule has 0 spiro atoms. The number of carbonyl (C=O) groups is 3. The Bertz CT molecular complexity index is 1200. The number of fused-ring (bicyclic) bond motifs is 5. The topological polar surface area (TPSA) is 70.8 Å². The number of benzene rings is 2. The van der Waals surface area contributed by atoms with Crippen molar-refractivity contribution in [2.45, 2.75) is 13.0 Å². The molecule has 150 valence electrons. The Balaban J connectivity index is 1.48. The van der Waals surface area contributed by atoms with Gasteiger partial charge in [0.25, 0.3) is 5.91 Å². The van der Waals surface area contributed by atoms with Crippen LogP contribution in [0.3, 0.4) is 0 Å². The first kappa shape index (κ1) is 18.4. The summed E-state index contributed by atoms with van der Waals surface area (Å²) in [6, 6.07) is 14.5. The Morgan fingerprint density at radius 2 is 1.67 bits per heavy atom. The fourth-order valence-corrected chi connectivity index (χ4v) is 4.21. The number of furan rings is 1. The number of Topliss-reactive ketones (excluding diaryl/α,β-unsaturated/α-hetero) is 2. The van der Waals surface area contributed by atoms with Crippen LogP contribution in [0.1, 0.15) is 42.4 Å². The highest BCUT2D eigenvalue weighted by molar-refractivity contribution is 6.53. The zero-order valence-corrected chi connectivity index (χ0v) is 16.8. The van der Waals surface area contributed by atoms with Crippen molar-refractivity contribution in [2.75, 3.05) is 25.5 Å². The number of anilines is 1. The van der Waals surface area contributed by atoms with E-state index in [1.165, 1.54) is 0 Å². The average molecular weight is 400 g/mol. The second-order valence-corrected chi connectivity index (χ2v) is 7.83. The van der Waals surface area contributed by atoms with E-state index in [9.17, 15) is 14.4 Å². The van der Waals surface area contributed by atoms with Crippen molar-refractivity contribution in [3.05, 3.63) is 76.5 Å². The van der Waals surface area contributed by atoms with Gasteiger partial charge in [0.2, 0.25) is 11.6 Å². The van der Waals surface area contributed by atoms with Crippen LogP contribution in [0.25, 0.3) is 11.3 Å². The van der Waals surface area contributed by atoms with Gasteiger partial charge in [0.15, 0.2) is 0 Å². The van der Waals surface area contributed by atoms with Gasteiger partial charge < -0.3 is 14.2 Å². The Labute approximate surface area is 173 Å². The van der Waals surface area contributed by atoms with E-state index in [1.807, 2.05) is 49.3 Å². The molecule has 0 saturated heterocycles. The summed E-state index contributed by atoms with van der Waals surface area (Å²) in [7, 11) is 3.90. The van der Waals surface area contributed by atoms with Crippen LogP contribution in [-0.2, 0) is 13.0 Å². The summed E-state index contributed by atoms with van der Waals surface area (Å²) in [6.07, 6.45) is 0.483. The highest BCUT2D eigenvalue weighted by Gasteiger charge is 2.39. The van der Waals surface area contributed by atoms with Crippen molar-refractivity contribution in [2.24, 2.45) is 0 Å². The van der Waals surface area contributed by atoms with E-state index < -0.39 is 11.6 Å². The van der Waals surface area contributed by atoms with E-state index in [0.717, 1.165) is 11.3 Å². The zero-order valence-electron chi connectivity index (χ0n) is 16.8. The smallest absolute Gasteiger partial charge is 0.254 e. The Morgan fingerprint density at radius 1 is 0.967 bits per heavy atom. The Hall–Kier alpha value is -3.67. The van der Waals surface area contributed by atoms with Gasteiger partial charge in [0.05, 0.1) is 12.1 Å². The van der Waals surface area contributed by atoms with E-state index >= 15 is 0 Å². The highest BCUT2D eigenvalue weighted by Crippen LogP contribution is 2.40. The molecular weight excluding hydrogens is 380 g/mol. The summed E-state index contributed by atoms with van der Waals surface area (Å²) in [5, 5.41) is 0. The van der Waals surface area contributed by atoms with E-state index in [1.54, 1.807) is 23.1 Å². The molecule has 0 saturated carbocycles. The van der Waals surface area contributed by atoms with Crippen LogP contribution >= 0.6 is 0 Å². The standard InChI is InChI=1S/C24H20N2O4/c1-25(2)15-9-7-14(8-10-15)24(29)26-12-11-18-19(13-26)30-23-17-6-4-3-5-16(17)21(27)22(28)20(18)23/h3-10H,11-13H2,1-2H3. The van der Waals surface area contributed by atoms with Crippen molar-refractivity contribution >= 4 is 23.2 Å². The third-order valence-corrected chi connectivity index (χ3v) is 5.82. The number of rotatable bonds is 2. The first-order valence-electron chi connectivity index (χ1n) is 9.85. The fourth-order valence-electron chi connectivity index (χ4n) is 4.21. The van der Waals surface area contributed by atoms with Crippen LogP contribution in [0, 0.1) is 0 Å². The number of hydrogen-bond acceptors (Lipinski definition) is 5. The summed E-state index contributed by atoms with van der Waals surface area (Å²) in [5.41, 5.74) is 3.77. The molecule has 2 aliphatic rings. The maximum absolute atomic E-state index is 13.0. The average Bonchev–Trinajstić information content (AvgIpc) is 3.16. The Morgan fingerprint density at radius 3 is 2.37 bits per heavy atom. The zero-order chi connectivity index (χ0) is 21.0. The van der Waals surface area contributed by atoms with Gasteiger partial charge in [0, 0.05) is 48.6 Å². The first-order valence-corrected chi connectivity index (χ1v) is 9.85. The monoisotopic (exact) mass is 400 g/mol. The lowest BCUT2D eigenvalue weighted by molar-refractivity contribution is 0.0720. The molecule has 0 bridgehead atoms. The summed E-state index contributed by atoms with van der Waals surface area (Å²) < 4.78 is 6.07. The van der Waals surface area contributed by atoms with Gasteiger partial charge in [-0.25, -0.2) is 0 Å². The minimum absolute atomic E-state index is 0.0804. The van der Waals surface area contributed by atoms with Crippen molar-refractivity contribution in [1.82, 2.24) is 4.90 Å². The lowest BCUT2D eigenvalue weighted by Gasteiger charge is -2.26. The van der Waals surface area contributed by atoms with Gasteiger partial charge in [-0.2, -0.15) is 0 Å². The van der Waals surface area contributed by atoms with Gasteiger partial charge in [-0.1, -0.05) is 24.3 Å². The minimum atomic E-state index is -0.521. The number of hydrogen-bond donors (Lipinski definition) is 0. The van der Waals surface area contributed by atoms with Crippen LogP contribution in [-0.4, -0.2) is 43.0 Å². The Kier molecular flexibility index (Phi) is 4.10. The number of ketones is 2. The number of carbonyl (C=O) groups excluding carboxylic acids is 3. The summed E-state index contributed by atoms with van der Waals surface area (Å²) in [5.74, 6) is -0.0655. The van der Waals surface area contributed by atoms with Gasteiger partial charge >= 0.3 is 0 Å². The maximum Gasteiger partial charge on any atom is 0.254 e. The van der Waals surface area contributed by atoms with Crippen molar-refractivity contribution < 1.29 is 18.8 Å². The summed E-state index contributed by atoms with van der Waals surface area (Å²) in [6.45, 7) is 0.747. The van der Waals surface area contributed by atoms with Crippen LogP contribution in [0.5, 0.6) is 0 Å². The third-order valence-electron chi connectivity index (χ3n) is 5.82. The largest absolute Gasteiger partial charge is 0.458 e. The molecule has 1 aliphatic carbocycles. The third kappa shape index (κ3) is 2.68. The second-order valence-electron chi connectivity index (χ2n) is 7.83. The van der Waals surface area contributed by atoms with Gasteiger partial charge in [-0.05, 0) is 30.7 Å². The lowest BCUT2D eigenvalue weighted by Crippen LogP contribution is -2.36. The predicted octanol–water partition coefficient (Wildman–Crippen LogP) is 3.59. The lowest BCUT2D eigenvalue weighted by atomic mass is 9.85. The normalized spacial score (nSPS) is 14.8. The summed E-state index contributed by atoms with van der Waals surface area (Å²) in [4.78, 5) is 42.0. The highest BCUT2D eigenvalue weighted by atomic mass is 16.3. The molecule has 1 amide bonds. The molecule has 6 heteroatoms. The van der Waals surface area contributed by atoms with Gasteiger partial charge in [-0.3, -0.25) is 14.4 Å².